The quantitative estimate of drug-likeness (QED) is 0.301. The summed E-state index contributed by atoms with van der Waals surface area (Å²) in [6, 6.07) is 9.60. The minimum absolute atomic E-state index is 0.184. The molecule has 1 fully saturated rings. The molecular weight excluding hydrogens is 536 g/mol. The molecule has 4 aromatic rings. The van der Waals surface area contributed by atoms with Gasteiger partial charge in [0.15, 0.2) is 0 Å². The van der Waals surface area contributed by atoms with Crippen LogP contribution in [-0.4, -0.2) is 96.6 Å². The highest BCUT2D eigenvalue weighted by molar-refractivity contribution is 6.03. The average Bonchev–Trinajstić information content (AvgIpc) is 3.63. The number of carbonyl (C=O) groups excluding carboxylic acids is 2. The summed E-state index contributed by atoms with van der Waals surface area (Å²) in [7, 11) is 0. The van der Waals surface area contributed by atoms with Crippen LogP contribution in [0, 0.1) is 0 Å². The Kier molecular flexibility index (Phi) is 9.56. The van der Waals surface area contributed by atoms with E-state index in [-0.39, 0.29) is 24.8 Å². The summed E-state index contributed by atoms with van der Waals surface area (Å²) in [6.07, 6.45) is 6.68. The van der Waals surface area contributed by atoms with E-state index in [2.05, 4.69) is 25.2 Å². The van der Waals surface area contributed by atoms with Crippen LogP contribution in [0.3, 0.4) is 0 Å². The zero-order valence-electron chi connectivity index (χ0n) is 21.9. The lowest BCUT2D eigenvalue weighted by Gasteiger charge is -2.29. The fourth-order valence-electron chi connectivity index (χ4n) is 4.48. The number of rotatable bonds is 4. The molecule has 2 aliphatic rings. The molecule has 1 aromatic carbocycles. The van der Waals surface area contributed by atoms with E-state index >= 15 is 0 Å². The summed E-state index contributed by atoms with van der Waals surface area (Å²) < 4.78 is 8.99. The van der Waals surface area contributed by atoms with Gasteiger partial charge in [0.1, 0.15) is 17.2 Å². The number of hydrogen-bond donors (Lipinski definition) is 3. The van der Waals surface area contributed by atoms with E-state index in [9.17, 15) is 9.59 Å². The number of benzene rings is 1. The van der Waals surface area contributed by atoms with Crippen molar-refractivity contribution in [3.8, 4) is 0 Å². The first-order valence-electron chi connectivity index (χ1n) is 12.5. The number of aromatic nitrogens is 5. The molecule has 6 rings (SSSR count). The number of amides is 2. The maximum Gasteiger partial charge on any atom is 0.290 e. The van der Waals surface area contributed by atoms with Crippen molar-refractivity contribution in [2.45, 2.75) is 13.1 Å². The van der Waals surface area contributed by atoms with E-state index in [1.165, 1.54) is 0 Å². The van der Waals surface area contributed by atoms with Crippen LogP contribution in [0.5, 0.6) is 0 Å². The van der Waals surface area contributed by atoms with E-state index < -0.39 is 0 Å². The van der Waals surface area contributed by atoms with E-state index in [0.717, 1.165) is 37.7 Å². The van der Waals surface area contributed by atoms with Crippen LogP contribution in [0.2, 0.25) is 0 Å². The van der Waals surface area contributed by atoms with Crippen molar-refractivity contribution < 1.29 is 34.1 Å². The Hall–Kier alpha value is -5.31. The zero-order chi connectivity index (χ0) is 29.2. The minimum Gasteiger partial charge on any atom is -0.483 e. The summed E-state index contributed by atoms with van der Waals surface area (Å²) in [6.45, 7) is 3.92. The van der Waals surface area contributed by atoms with Crippen molar-refractivity contribution in [1.82, 2.24) is 28.8 Å². The summed E-state index contributed by atoms with van der Waals surface area (Å²) >= 11 is 0. The fraction of sp³-hybridized carbons (Fsp3) is 0.269. The maximum absolute atomic E-state index is 13.0. The molecule has 214 valence electrons. The molecule has 0 atom stereocenters. The zero-order valence-corrected chi connectivity index (χ0v) is 21.9. The Morgan fingerprint density at radius 1 is 0.976 bits per heavy atom. The molecule has 15 nitrogen and oxygen atoms in total. The van der Waals surface area contributed by atoms with Gasteiger partial charge in [-0.05, 0) is 30.3 Å². The van der Waals surface area contributed by atoms with Gasteiger partial charge < -0.3 is 34.6 Å². The molecule has 0 saturated carbocycles. The summed E-state index contributed by atoms with van der Waals surface area (Å²) in [5, 5.41) is 16.7. The molecular formula is C26H28N8O7. The molecule has 0 unspecified atom stereocenters. The van der Waals surface area contributed by atoms with Gasteiger partial charge in [-0.15, -0.1) is 0 Å². The van der Waals surface area contributed by atoms with Crippen molar-refractivity contribution in [2.24, 2.45) is 0 Å². The third-order valence-corrected chi connectivity index (χ3v) is 6.34. The number of carboxylic acid groups (broad SMARTS) is 2. The summed E-state index contributed by atoms with van der Waals surface area (Å²) in [4.78, 5) is 59.5. The Balaban J connectivity index is 0.000000596. The van der Waals surface area contributed by atoms with E-state index in [4.69, 9.17) is 24.5 Å². The van der Waals surface area contributed by atoms with Crippen molar-refractivity contribution in [3.05, 3.63) is 72.3 Å². The number of anilines is 2. The van der Waals surface area contributed by atoms with Crippen molar-refractivity contribution in [3.63, 3.8) is 0 Å². The third-order valence-electron chi connectivity index (χ3n) is 6.34. The molecule has 15 heteroatoms. The number of carbonyl (C=O) groups is 4. The highest BCUT2D eigenvalue weighted by atomic mass is 16.5. The molecule has 5 heterocycles. The van der Waals surface area contributed by atoms with Gasteiger partial charge in [0, 0.05) is 56.1 Å². The van der Waals surface area contributed by atoms with Crippen LogP contribution in [0.15, 0.2) is 55.1 Å². The summed E-state index contributed by atoms with van der Waals surface area (Å²) in [5.74, 6) is 0.732. The highest BCUT2D eigenvalue weighted by Gasteiger charge is 2.27. The Morgan fingerprint density at radius 2 is 1.68 bits per heavy atom. The number of nitrogens with zero attached hydrogens (tertiary/aromatic N) is 7. The second-order valence-corrected chi connectivity index (χ2v) is 8.70. The van der Waals surface area contributed by atoms with Gasteiger partial charge in [-0.1, -0.05) is 0 Å². The molecule has 0 aliphatic carbocycles. The maximum atomic E-state index is 13.0. The van der Waals surface area contributed by atoms with Gasteiger partial charge in [-0.25, -0.2) is 15.0 Å². The van der Waals surface area contributed by atoms with Gasteiger partial charge in [0.2, 0.25) is 5.78 Å². The molecule has 3 aromatic heterocycles. The second-order valence-electron chi connectivity index (χ2n) is 8.70. The first-order chi connectivity index (χ1) is 20.0. The molecule has 0 radical (unpaired) electrons. The van der Waals surface area contributed by atoms with Crippen LogP contribution >= 0.6 is 0 Å². The number of hydrogen-bond acceptors (Lipinski definition) is 9. The molecule has 41 heavy (non-hydrogen) atoms. The van der Waals surface area contributed by atoms with Crippen LogP contribution in [-0.2, 0) is 27.4 Å². The lowest BCUT2D eigenvalue weighted by Crippen LogP contribution is -2.39. The van der Waals surface area contributed by atoms with E-state index in [1.807, 2.05) is 28.8 Å². The van der Waals surface area contributed by atoms with Crippen LogP contribution in [0.4, 0.5) is 11.4 Å². The number of fused-ring (bicyclic) bond motifs is 2. The standard InChI is InChI=1S/C24H24N8O3.2CH2O2/c33-22(27-17-2-4-18(5-3-17)29-10-12-35-13-11-29)20-14-26-21-16-30(8-9-32(20)21)23(34)19-15-31-7-1-6-25-24(31)28-19;2*2-1-3/h1-7,14-15H,8-13,16H2,(H,27,33);2*1H,(H,2,3). The smallest absolute Gasteiger partial charge is 0.290 e. The van der Waals surface area contributed by atoms with Crippen molar-refractivity contribution in [1.29, 1.82) is 0 Å². The Labute approximate surface area is 233 Å². The minimum atomic E-state index is -0.250. The Morgan fingerprint density at radius 3 is 2.37 bits per heavy atom. The van der Waals surface area contributed by atoms with E-state index in [1.54, 1.807) is 40.2 Å². The molecule has 2 amide bonds. The number of morpholine rings is 1. The van der Waals surface area contributed by atoms with Crippen LogP contribution < -0.4 is 10.2 Å². The van der Waals surface area contributed by atoms with Crippen LogP contribution in [0.1, 0.15) is 26.8 Å². The molecule has 2 aliphatic heterocycles. The van der Waals surface area contributed by atoms with Gasteiger partial charge in [0.25, 0.3) is 24.8 Å². The first kappa shape index (κ1) is 28.7. The molecule has 1 saturated heterocycles. The molecule has 0 bridgehead atoms. The van der Waals surface area contributed by atoms with E-state index in [0.29, 0.717) is 42.6 Å². The van der Waals surface area contributed by atoms with Gasteiger partial charge >= 0.3 is 0 Å². The number of nitrogens with one attached hydrogen (secondary N) is 1. The lowest BCUT2D eigenvalue weighted by atomic mass is 10.2. The van der Waals surface area contributed by atoms with Gasteiger partial charge in [0.05, 0.1) is 26.0 Å². The summed E-state index contributed by atoms with van der Waals surface area (Å²) in [5.41, 5.74) is 2.64. The Bertz CT molecular complexity index is 1460. The van der Waals surface area contributed by atoms with Crippen molar-refractivity contribution in [2.75, 3.05) is 43.1 Å². The predicted octanol–water partition coefficient (Wildman–Crippen LogP) is 1.07. The number of ether oxygens (including phenoxy) is 1. The average molecular weight is 565 g/mol. The number of imidazole rings is 2. The van der Waals surface area contributed by atoms with Gasteiger partial charge in [-0.2, -0.15) is 0 Å². The van der Waals surface area contributed by atoms with Crippen LogP contribution in [0.25, 0.3) is 5.78 Å². The largest absolute Gasteiger partial charge is 0.483 e. The van der Waals surface area contributed by atoms with Gasteiger partial charge in [-0.3, -0.25) is 23.6 Å². The SMILES string of the molecule is O=C(Nc1ccc(N2CCOCC2)cc1)c1cnc2n1CCN(C(=O)c1cn3cccnc3n1)C2.O=CO.O=CO. The monoisotopic (exact) mass is 564 g/mol. The first-order valence-corrected chi connectivity index (χ1v) is 12.5. The predicted molar refractivity (Wildman–Crippen MR) is 145 cm³/mol. The molecule has 0 spiro atoms. The normalized spacial score (nSPS) is 14.0. The lowest BCUT2D eigenvalue weighted by molar-refractivity contribution is -0.123. The highest BCUT2D eigenvalue weighted by Crippen LogP contribution is 2.21. The molecule has 3 N–H and O–H groups in total. The van der Waals surface area contributed by atoms with Crippen molar-refractivity contribution >= 4 is 41.9 Å². The second kappa shape index (κ2) is 13.7. The topological polar surface area (TPSA) is 184 Å². The fourth-order valence-corrected chi connectivity index (χ4v) is 4.48. The third kappa shape index (κ3) is 6.83.